The lowest BCUT2D eigenvalue weighted by molar-refractivity contribution is 0.0985. The predicted octanol–water partition coefficient (Wildman–Crippen LogP) is 2.08. The van der Waals surface area contributed by atoms with Crippen LogP contribution >= 0.6 is 0 Å². The fourth-order valence-electron chi connectivity index (χ4n) is 3.72. The smallest absolute Gasteiger partial charge is 0.319 e. The molecule has 2 aliphatic rings. The van der Waals surface area contributed by atoms with Crippen LogP contribution in [0.5, 0.6) is 0 Å². The molecule has 1 saturated carbocycles. The number of nitrogens with zero attached hydrogens (tertiary/aromatic N) is 4. The minimum absolute atomic E-state index is 0.102. The zero-order chi connectivity index (χ0) is 22.5. The Hall–Kier alpha value is -2.75. The number of carbonyl (C=O) groups is 1. The predicted molar refractivity (Wildman–Crippen MR) is 124 cm³/mol. The third kappa shape index (κ3) is 5.93. The SMILES string of the molecule is C[C@H]1COCCN1c1cc(CN(C)CCO)nc(-c2ccc(NC(=O)NC3CC3)cc2)n1. The van der Waals surface area contributed by atoms with Crippen molar-refractivity contribution in [1.82, 2.24) is 20.2 Å². The number of aliphatic hydroxyl groups excluding tert-OH is 1. The number of ether oxygens (including phenoxy) is 1. The maximum atomic E-state index is 12.0. The van der Waals surface area contributed by atoms with Crippen LogP contribution in [0.4, 0.5) is 16.3 Å². The van der Waals surface area contributed by atoms with E-state index >= 15 is 0 Å². The van der Waals surface area contributed by atoms with E-state index in [9.17, 15) is 9.90 Å². The van der Waals surface area contributed by atoms with E-state index in [4.69, 9.17) is 14.7 Å². The molecule has 172 valence electrons. The van der Waals surface area contributed by atoms with E-state index < -0.39 is 0 Å². The molecular weight excluding hydrogens is 408 g/mol. The van der Waals surface area contributed by atoms with Gasteiger partial charge in [0.15, 0.2) is 5.82 Å². The highest BCUT2D eigenvalue weighted by Crippen LogP contribution is 2.25. The lowest BCUT2D eigenvalue weighted by atomic mass is 10.1. The number of morpholine rings is 1. The summed E-state index contributed by atoms with van der Waals surface area (Å²) >= 11 is 0. The second-order valence-electron chi connectivity index (χ2n) is 8.57. The van der Waals surface area contributed by atoms with E-state index in [1.165, 1.54) is 0 Å². The van der Waals surface area contributed by atoms with Gasteiger partial charge in [0, 0.05) is 43.0 Å². The molecule has 0 bridgehead atoms. The Morgan fingerprint density at radius 2 is 2.06 bits per heavy atom. The van der Waals surface area contributed by atoms with Crippen LogP contribution in [0.1, 0.15) is 25.5 Å². The number of aromatic nitrogens is 2. The van der Waals surface area contributed by atoms with E-state index in [0.717, 1.165) is 42.1 Å². The first-order valence-corrected chi connectivity index (χ1v) is 11.2. The molecule has 2 aromatic rings. The average Bonchev–Trinajstić information content (AvgIpc) is 3.58. The van der Waals surface area contributed by atoms with Crippen LogP contribution in [-0.4, -0.2) is 78.0 Å². The molecule has 3 N–H and O–H groups in total. The number of likely N-dealkylation sites (N-methyl/N-ethyl adjacent to an activating group) is 1. The molecule has 1 aliphatic heterocycles. The van der Waals surface area contributed by atoms with E-state index in [2.05, 4.69) is 22.5 Å². The molecule has 32 heavy (non-hydrogen) atoms. The van der Waals surface area contributed by atoms with E-state index in [1.54, 1.807) is 0 Å². The van der Waals surface area contributed by atoms with Crippen molar-refractivity contribution in [3.05, 3.63) is 36.0 Å². The zero-order valence-corrected chi connectivity index (χ0v) is 18.8. The first kappa shape index (κ1) is 22.4. The number of carbonyl (C=O) groups excluding carboxylic acids is 1. The molecular formula is C23H32N6O3. The van der Waals surface area contributed by atoms with Gasteiger partial charge >= 0.3 is 6.03 Å². The van der Waals surface area contributed by atoms with Gasteiger partial charge in [-0.25, -0.2) is 14.8 Å². The number of amides is 2. The number of rotatable bonds is 8. The van der Waals surface area contributed by atoms with Crippen LogP contribution in [0, 0.1) is 0 Å². The molecule has 4 rings (SSSR count). The largest absolute Gasteiger partial charge is 0.395 e. The van der Waals surface area contributed by atoms with Crippen LogP contribution in [0.3, 0.4) is 0 Å². The molecule has 1 aromatic heterocycles. The van der Waals surface area contributed by atoms with Crippen LogP contribution in [0.15, 0.2) is 30.3 Å². The number of anilines is 2. The maximum Gasteiger partial charge on any atom is 0.319 e. The maximum absolute atomic E-state index is 12.0. The van der Waals surface area contributed by atoms with Gasteiger partial charge < -0.3 is 25.4 Å². The van der Waals surface area contributed by atoms with Gasteiger partial charge in [-0.1, -0.05) is 0 Å². The van der Waals surface area contributed by atoms with Crippen molar-refractivity contribution in [2.24, 2.45) is 0 Å². The van der Waals surface area contributed by atoms with Crippen molar-refractivity contribution in [3.8, 4) is 11.4 Å². The molecule has 0 unspecified atom stereocenters. The van der Waals surface area contributed by atoms with Crippen molar-refractivity contribution in [2.45, 2.75) is 38.4 Å². The third-order valence-electron chi connectivity index (χ3n) is 5.65. The molecule has 1 atom stereocenters. The molecule has 2 heterocycles. The van der Waals surface area contributed by atoms with Crippen molar-refractivity contribution in [3.63, 3.8) is 0 Å². The second kappa shape index (κ2) is 10.2. The highest BCUT2D eigenvalue weighted by atomic mass is 16.5. The summed E-state index contributed by atoms with van der Waals surface area (Å²) < 4.78 is 5.59. The van der Waals surface area contributed by atoms with E-state index in [0.29, 0.717) is 38.2 Å². The molecule has 1 aliphatic carbocycles. The molecule has 2 fully saturated rings. The molecule has 1 aromatic carbocycles. The Morgan fingerprint density at radius 3 is 2.75 bits per heavy atom. The van der Waals surface area contributed by atoms with Gasteiger partial charge in [-0.3, -0.25) is 4.90 Å². The van der Waals surface area contributed by atoms with Gasteiger partial charge in [-0.05, 0) is 51.1 Å². The fourth-order valence-corrected chi connectivity index (χ4v) is 3.72. The monoisotopic (exact) mass is 440 g/mol. The summed E-state index contributed by atoms with van der Waals surface area (Å²) in [5, 5.41) is 15.0. The Morgan fingerprint density at radius 1 is 1.28 bits per heavy atom. The van der Waals surface area contributed by atoms with Crippen molar-refractivity contribution in [2.75, 3.05) is 50.2 Å². The summed E-state index contributed by atoms with van der Waals surface area (Å²) in [5.74, 6) is 1.52. The van der Waals surface area contributed by atoms with Gasteiger partial charge in [-0.2, -0.15) is 0 Å². The highest BCUT2D eigenvalue weighted by Gasteiger charge is 2.24. The van der Waals surface area contributed by atoms with Gasteiger partial charge in [0.1, 0.15) is 5.82 Å². The summed E-state index contributed by atoms with van der Waals surface area (Å²) in [5.41, 5.74) is 2.50. The topological polar surface area (TPSA) is 103 Å². The van der Waals surface area contributed by atoms with Crippen LogP contribution < -0.4 is 15.5 Å². The average molecular weight is 441 g/mol. The van der Waals surface area contributed by atoms with Crippen LogP contribution in [0.25, 0.3) is 11.4 Å². The van der Waals surface area contributed by atoms with Crippen molar-refractivity contribution < 1.29 is 14.6 Å². The van der Waals surface area contributed by atoms with Gasteiger partial charge in [0.25, 0.3) is 0 Å². The molecule has 0 radical (unpaired) electrons. The summed E-state index contributed by atoms with van der Waals surface area (Å²) in [6.07, 6.45) is 2.11. The van der Waals surface area contributed by atoms with Gasteiger partial charge in [-0.15, -0.1) is 0 Å². The highest BCUT2D eigenvalue weighted by molar-refractivity contribution is 5.89. The molecule has 0 spiro atoms. The fraction of sp³-hybridized carbons (Fsp3) is 0.522. The van der Waals surface area contributed by atoms with Crippen molar-refractivity contribution >= 4 is 17.5 Å². The quantitative estimate of drug-likeness (QED) is 0.577. The third-order valence-corrected chi connectivity index (χ3v) is 5.65. The lowest BCUT2D eigenvalue weighted by Gasteiger charge is -2.34. The second-order valence-corrected chi connectivity index (χ2v) is 8.57. The number of hydrogen-bond donors (Lipinski definition) is 3. The van der Waals surface area contributed by atoms with E-state index in [-0.39, 0.29) is 18.7 Å². The standard InChI is InChI=1S/C23H32N6O3/c1-16-15-32-12-10-29(16)21-13-20(14-28(2)9-11-30)24-22(27-21)17-3-5-18(6-4-17)25-23(31)26-19-7-8-19/h3-6,13,16,19,30H,7-12,14-15H2,1-2H3,(H2,25,26,31)/t16-/m0/s1. The first-order chi connectivity index (χ1) is 15.5. The zero-order valence-electron chi connectivity index (χ0n) is 18.8. The first-order valence-electron chi connectivity index (χ1n) is 11.2. The normalized spacial score (nSPS) is 18.6. The summed E-state index contributed by atoms with van der Waals surface area (Å²) in [6, 6.07) is 9.98. The Labute approximate surface area is 188 Å². The Kier molecular flexibility index (Phi) is 7.19. The Balaban J connectivity index is 1.56. The minimum Gasteiger partial charge on any atom is -0.395 e. The van der Waals surface area contributed by atoms with Gasteiger partial charge in [0.2, 0.25) is 0 Å². The number of nitrogens with one attached hydrogen (secondary N) is 2. The number of hydrogen-bond acceptors (Lipinski definition) is 7. The Bertz CT molecular complexity index is 918. The number of aliphatic hydroxyl groups is 1. The van der Waals surface area contributed by atoms with Crippen molar-refractivity contribution in [1.29, 1.82) is 0 Å². The summed E-state index contributed by atoms with van der Waals surface area (Å²) in [6.45, 7) is 5.54. The summed E-state index contributed by atoms with van der Waals surface area (Å²) in [4.78, 5) is 25.9. The minimum atomic E-state index is -0.172. The van der Waals surface area contributed by atoms with Gasteiger partial charge in [0.05, 0.1) is 31.6 Å². The number of urea groups is 1. The molecule has 9 nitrogen and oxygen atoms in total. The molecule has 1 saturated heterocycles. The lowest BCUT2D eigenvalue weighted by Crippen LogP contribution is -2.44. The van der Waals surface area contributed by atoms with Crippen LogP contribution in [-0.2, 0) is 11.3 Å². The summed E-state index contributed by atoms with van der Waals surface area (Å²) in [7, 11) is 1.96. The number of benzene rings is 1. The molecule has 9 heteroatoms. The van der Waals surface area contributed by atoms with Crippen LogP contribution in [0.2, 0.25) is 0 Å². The van der Waals surface area contributed by atoms with E-state index in [1.807, 2.05) is 42.3 Å². The molecule has 2 amide bonds.